The molecule has 2 heterocycles. The van der Waals surface area contributed by atoms with Crippen molar-refractivity contribution in [2.75, 3.05) is 19.7 Å². The second-order valence-electron chi connectivity index (χ2n) is 3.31. The highest BCUT2D eigenvalue weighted by Crippen LogP contribution is 2.09. The molecule has 0 radical (unpaired) electrons. The van der Waals surface area contributed by atoms with Gasteiger partial charge in [-0.1, -0.05) is 0 Å². The third-order valence-corrected chi connectivity index (χ3v) is 2.29. The highest BCUT2D eigenvalue weighted by atomic mass is 16.5. The lowest BCUT2D eigenvalue weighted by atomic mass is 10.4. The number of amides is 1. The Morgan fingerprint density at radius 1 is 1.57 bits per heavy atom. The third kappa shape index (κ3) is 2.04. The SMILES string of the molecule is O=C(COc1cn[nH]c1)N1CCCC1. The number of hydrogen-bond donors (Lipinski definition) is 1. The summed E-state index contributed by atoms with van der Waals surface area (Å²) in [6.45, 7) is 1.85. The molecule has 0 atom stereocenters. The first-order valence-corrected chi connectivity index (χ1v) is 4.75. The van der Waals surface area contributed by atoms with Gasteiger partial charge < -0.3 is 9.64 Å². The first-order chi connectivity index (χ1) is 6.86. The van der Waals surface area contributed by atoms with Crippen molar-refractivity contribution in [2.24, 2.45) is 0 Å². The average Bonchev–Trinajstić information content (AvgIpc) is 2.87. The number of carbonyl (C=O) groups excluding carboxylic acids is 1. The van der Waals surface area contributed by atoms with Gasteiger partial charge in [-0.3, -0.25) is 9.89 Å². The van der Waals surface area contributed by atoms with Crippen molar-refractivity contribution in [3.05, 3.63) is 12.4 Å². The Balaban J connectivity index is 1.77. The number of likely N-dealkylation sites (tertiary alicyclic amines) is 1. The van der Waals surface area contributed by atoms with E-state index in [1.54, 1.807) is 12.4 Å². The van der Waals surface area contributed by atoms with Crippen molar-refractivity contribution in [3.63, 3.8) is 0 Å². The van der Waals surface area contributed by atoms with E-state index >= 15 is 0 Å². The number of nitrogens with zero attached hydrogens (tertiary/aromatic N) is 2. The van der Waals surface area contributed by atoms with E-state index in [-0.39, 0.29) is 12.5 Å². The Morgan fingerprint density at radius 2 is 2.36 bits per heavy atom. The summed E-state index contributed by atoms with van der Waals surface area (Å²) in [6, 6.07) is 0. The lowest BCUT2D eigenvalue weighted by Crippen LogP contribution is -2.32. The zero-order valence-corrected chi connectivity index (χ0v) is 7.90. The van der Waals surface area contributed by atoms with Crippen molar-refractivity contribution in [1.82, 2.24) is 15.1 Å². The Morgan fingerprint density at radius 3 is 3.00 bits per heavy atom. The van der Waals surface area contributed by atoms with Gasteiger partial charge in [0.05, 0.1) is 12.4 Å². The molecule has 2 rings (SSSR count). The summed E-state index contributed by atoms with van der Waals surface area (Å²) in [5.74, 6) is 0.668. The highest BCUT2D eigenvalue weighted by molar-refractivity contribution is 5.77. The summed E-state index contributed by atoms with van der Waals surface area (Å²) >= 11 is 0. The van der Waals surface area contributed by atoms with Gasteiger partial charge in [-0.15, -0.1) is 0 Å². The van der Waals surface area contributed by atoms with Crippen molar-refractivity contribution < 1.29 is 9.53 Å². The Kier molecular flexibility index (Phi) is 2.67. The molecule has 0 unspecified atom stereocenters. The van der Waals surface area contributed by atoms with E-state index in [1.165, 1.54) is 0 Å². The maximum absolute atomic E-state index is 11.5. The standard InChI is InChI=1S/C9H13N3O2/c13-9(12-3-1-2-4-12)7-14-8-5-10-11-6-8/h5-6H,1-4,7H2,(H,10,11). The number of hydrogen-bond acceptors (Lipinski definition) is 3. The van der Waals surface area contributed by atoms with Gasteiger partial charge in [-0.25, -0.2) is 0 Å². The Labute approximate surface area is 82.0 Å². The summed E-state index contributed by atoms with van der Waals surface area (Å²) in [7, 11) is 0. The fourth-order valence-electron chi connectivity index (χ4n) is 1.52. The molecule has 1 aromatic heterocycles. The molecule has 1 aliphatic rings. The monoisotopic (exact) mass is 195 g/mol. The number of ether oxygens (including phenoxy) is 1. The topological polar surface area (TPSA) is 58.2 Å². The van der Waals surface area contributed by atoms with Gasteiger partial charge in [0.1, 0.15) is 0 Å². The molecule has 1 fully saturated rings. The largest absolute Gasteiger partial charge is 0.480 e. The van der Waals surface area contributed by atoms with Gasteiger partial charge in [0.15, 0.2) is 12.4 Å². The van der Waals surface area contributed by atoms with Crippen LogP contribution in [0.2, 0.25) is 0 Å². The zero-order valence-electron chi connectivity index (χ0n) is 7.90. The maximum atomic E-state index is 11.5. The molecule has 0 bridgehead atoms. The first-order valence-electron chi connectivity index (χ1n) is 4.75. The van der Waals surface area contributed by atoms with E-state index in [0.717, 1.165) is 25.9 Å². The maximum Gasteiger partial charge on any atom is 0.260 e. The van der Waals surface area contributed by atoms with Crippen molar-refractivity contribution in [1.29, 1.82) is 0 Å². The van der Waals surface area contributed by atoms with E-state index in [0.29, 0.717) is 5.75 Å². The van der Waals surface area contributed by atoms with Crippen LogP contribution in [0, 0.1) is 0 Å². The van der Waals surface area contributed by atoms with Gasteiger partial charge in [0, 0.05) is 13.1 Å². The number of aromatic nitrogens is 2. The quantitative estimate of drug-likeness (QED) is 0.760. The Hall–Kier alpha value is -1.52. The molecule has 76 valence electrons. The average molecular weight is 195 g/mol. The molecule has 5 nitrogen and oxygen atoms in total. The van der Waals surface area contributed by atoms with Gasteiger partial charge >= 0.3 is 0 Å². The molecule has 5 heteroatoms. The fourth-order valence-corrected chi connectivity index (χ4v) is 1.52. The molecular formula is C9H13N3O2. The fraction of sp³-hybridized carbons (Fsp3) is 0.556. The minimum atomic E-state index is 0.0590. The summed E-state index contributed by atoms with van der Waals surface area (Å²) in [5, 5.41) is 6.35. The molecule has 0 aromatic carbocycles. The number of aromatic amines is 1. The minimum Gasteiger partial charge on any atom is -0.480 e. The van der Waals surface area contributed by atoms with Gasteiger partial charge in [-0.05, 0) is 12.8 Å². The van der Waals surface area contributed by atoms with E-state index in [9.17, 15) is 4.79 Å². The lowest BCUT2D eigenvalue weighted by Gasteiger charge is -2.14. The molecular weight excluding hydrogens is 182 g/mol. The van der Waals surface area contributed by atoms with Crippen LogP contribution < -0.4 is 4.74 Å². The number of carbonyl (C=O) groups is 1. The number of nitrogens with one attached hydrogen (secondary N) is 1. The highest BCUT2D eigenvalue weighted by Gasteiger charge is 2.17. The molecule has 1 N–H and O–H groups in total. The van der Waals surface area contributed by atoms with Crippen LogP contribution in [0.1, 0.15) is 12.8 Å². The van der Waals surface area contributed by atoms with Gasteiger partial charge in [0.25, 0.3) is 5.91 Å². The van der Waals surface area contributed by atoms with Gasteiger partial charge in [0.2, 0.25) is 0 Å². The van der Waals surface area contributed by atoms with Crippen LogP contribution in [-0.2, 0) is 4.79 Å². The minimum absolute atomic E-state index is 0.0590. The van der Waals surface area contributed by atoms with Crippen LogP contribution in [-0.4, -0.2) is 40.7 Å². The van der Waals surface area contributed by atoms with Crippen LogP contribution in [0.15, 0.2) is 12.4 Å². The molecule has 1 saturated heterocycles. The lowest BCUT2D eigenvalue weighted by molar-refractivity contribution is -0.132. The van der Waals surface area contributed by atoms with Crippen LogP contribution in [0.4, 0.5) is 0 Å². The van der Waals surface area contributed by atoms with Gasteiger partial charge in [-0.2, -0.15) is 5.10 Å². The normalized spacial score (nSPS) is 15.9. The van der Waals surface area contributed by atoms with E-state index in [1.807, 2.05) is 4.90 Å². The summed E-state index contributed by atoms with van der Waals surface area (Å²) in [4.78, 5) is 13.3. The van der Waals surface area contributed by atoms with Crippen LogP contribution in [0.5, 0.6) is 5.75 Å². The third-order valence-electron chi connectivity index (χ3n) is 2.29. The molecule has 0 spiro atoms. The van der Waals surface area contributed by atoms with E-state index in [2.05, 4.69) is 10.2 Å². The zero-order chi connectivity index (χ0) is 9.80. The number of rotatable bonds is 3. The predicted octanol–water partition coefficient (Wildman–Crippen LogP) is 0.411. The molecule has 1 aliphatic heterocycles. The molecule has 0 aliphatic carbocycles. The molecule has 0 saturated carbocycles. The second kappa shape index (κ2) is 4.13. The smallest absolute Gasteiger partial charge is 0.260 e. The summed E-state index contributed by atoms with van der Waals surface area (Å²) < 4.78 is 5.24. The van der Waals surface area contributed by atoms with Crippen molar-refractivity contribution >= 4 is 5.91 Å². The Bertz CT molecular complexity index is 291. The predicted molar refractivity (Wildman–Crippen MR) is 49.9 cm³/mol. The second-order valence-corrected chi connectivity index (χ2v) is 3.31. The molecule has 1 amide bonds. The van der Waals surface area contributed by atoms with Crippen LogP contribution >= 0.6 is 0 Å². The van der Waals surface area contributed by atoms with Crippen LogP contribution in [0.3, 0.4) is 0 Å². The molecule has 1 aromatic rings. The summed E-state index contributed by atoms with van der Waals surface area (Å²) in [6.07, 6.45) is 5.39. The van der Waals surface area contributed by atoms with Crippen LogP contribution in [0.25, 0.3) is 0 Å². The van der Waals surface area contributed by atoms with Crippen molar-refractivity contribution in [2.45, 2.75) is 12.8 Å². The van der Waals surface area contributed by atoms with Crippen molar-refractivity contribution in [3.8, 4) is 5.75 Å². The van der Waals surface area contributed by atoms with E-state index < -0.39 is 0 Å². The first kappa shape index (κ1) is 9.05. The summed E-state index contributed by atoms with van der Waals surface area (Å²) in [5.41, 5.74) is 0. The molecule has 14 heavy (non-hydrogen) atoms. The number of H-pyrrole nitrogens is 1. The van der Waals surface area contributed by atoms with E-state index in [4.69, 9.17) is 4.74 Å².